The largest absolute Gasteiger partial charge is 0.463 e. The van der Waals surface area contributed by atoms with Crippen LogP contribution < -0.4 is 0 Å². The first-order chi connectivity index (χ1) is 12.9. The van der Waals surface area contributed by atoms with Gasteiger partial charge in [-0.05, 0) is 62.5 Å². The molecule has 0 bridgehead atoms. The van der Waals surface area contributed by atoms with Gasteiger partial charge in [0.05, 0.1) is 0 Å². The average Bonchev–Trinajstić information content (AvgIpc) is 2.95. The molecule has 0 aliphatic heterocycles. The first kappa shape index (κ1) is 24.1. The Hall–Kier alpha value is -0.900. The number of hydrogen-bond acceptors (Lipinski definition) is 4. The van der Waals surface area contributed by atoms with Crippen LogP contribution in [0.3, 0.4) is 0 Å². The van der Waals surface area contributed by atoms with Gasteiger partial charge in [-0.25, -0.2) is 0 Å². The van der Waals surface area contributed by atoms with Crippen LogP contribution in [0.15, 0.2) is 0 Å². The van der Waals surface area contributed by atoms with E-state index < -0.39 is 0 Å². The Morgan fingerprint density at radius 3 is 2.48 bits per heavy atom. The molecule has 0 unspecified atom stereocenters. The van der Waals surface area contributed by atoms with Crippen LogP contribution in [-0.4, -0.2) is 23.1 Å². The van der Waals surface area contributed by atoms with Crippen molar-refractivity contribution in [2.45, 2.75) is 110 Å². The smallest absolute Gasteiger partial charge is 0.302 e. The lowest BCUT2D eigenvalue weighted by atomic mass is 9.86. The van der Waals surface area contributed by atoms with Gasteiger partial charge in [0.2, 0.25) is 5.24 Å². The highest BCUT2D eigenvalue weighted by molar-refractivity contribution is 6.63. The van der Waals surface area contributed by atoms with Crippen LogP contribution in [0.1, 0.15) is 104 Å². The number of carbonyl (C=O) groups excluding carboxylic acids is 3. The Kier molecular flexibility index (Phi) is 12.6. The predicted molar refractivity (Wildman–Crippen MR) is 109 cm³/mol. The lowest BCUT2D eigenvalue weighted by Crippen LogP contribution is -2.20. The second kappa shape index (κ2) is 14.1. The van der Waals surface area contributed by atoms with Gasteiger partial charge >= 0.3 is 5.97 Å². The molecule has 156 valence electrons. The van der Waals surface area contributed by atoms with Crippen molar-refractivity contribution in [3.8, 4) is 0 Å². The van der Waals surface area contributed by atoms with Gasteiger partial charge in [-0.15, -0.1) is 0 Å². The highest BCUT2D eigenvalue weighted by Gasteiger charge is 2.34. The van der Waals surface area contributed by atoms with Crippen molar-refractivity contribution in [1.82, 2.24) is 0 Å². The van der Waals surface area contributed by atoms with Crippen molar-refractivity contribution in [2.75, 3.05) is 0 Å². The number of unbranched alkanes of at least 4 members (excludes halogenated alkanes) is 5. The second-order valence-electron chi connectivity index (χ2n) is 7.98. The molecule has 27 heavy (non-hydrogen) atoms. The van der Waals surface area contributed by atoms with Gasteiger partial charge in [0, 0.05) is 25.7 Å². The summed E-state index contributed by atoms with van der Waals surface area (Å²) in [4.78, 5) is 34.4. The molecule has 1 rings (SSSR count). The number of carbonyl (C=O) groups is 3. The fourth-order valence-corrected chi connectivity index (χ4v) is 4.35. The van der Waals surface area contributed by atoms with Gasteiger partial charge in [-0.2, -0.15) is 0 Å². The van der Waals surface area contributed by atoms with Crippen molar-refractivity contribution in [1.29, 1.82) is 0 Å². The molecule has 3 atom stereocenters. The standard InChI is InChI=1S/C22H37ClO4/c1-3-4-7-10-19(27-17(2)24)15-13-18-14-16-21(25)20(18)11-8-5-6-9-12-22(23)26/h18-20H,3-16H2,1-2H3/t18-,19-,20+/m0/s1. The molecule has 0 amide bonds. The van der Waals surface area contributed by atoms with Crippen LogP contribution in [0, 0.1) is 11.8 Å². The summed E-state index contributed by atoms with van der Waals surface area (Å²) >= 11 is 5.35. The van der Waals surface area contributed by atoms with Crippen molar-refractivity contribution in [3.05, 3.63) is 0 Å². The van der Waals surface area contributed by atoms with Gasteiger partial charge in [-0.3, -0.25) is 14.4 Å². The maximum atomic E-state index is 12.3. The number of esters is 1. The molecule has 5 heteroatoms. The van der Waals surface area contributed by atoms with Gasteiger partial charge in [-0.1, -0.05) is 39.0 Å². The molecule has 1 fully saturated rings. The van der Waals surface area contributed by atoms with Crippen LogP contribution in [0.4, 0.5) is 0 Å². The fraction of sp³-hybridized carbons (Fsp3) is 0.864. The van der Waals surface area contributed by atoms with E-state index in [1.807, 2.05) is 0 Å². The van der Waals surface area contributed by atoms with Crippen LogP contribution in [0.2, 0.25) is 0 Å². The van der Waals surface area contributed by atoms with Crippen molar-refractivity contribution < 1.29 is 19.1 Å². The first-order valence-electron chi connectivity index (χ1n) is 10.8. The van der Waals surface area contributed by atoms with E-state index in [9.17, 15) is 14.4 Å². The van der Waals surface area contributed by atoms with Crippen LogP contribution >= 0.6 is 11.6 Å². The summed E-state index contributed by atoms with van der Waals surface area (Å²) in [5.74, 6) is 0.816. The van der Waals surface area contributed by atoms with Crippen LogP contribution in [-0.2, 0) is 19.1 Å². The summed E-state index contributed by atoms with van der Waals surface area (Å²) in [6.45, 7) is 3.65. The Morgan fingerprint density at radius 2 is 1.81 bits per heavy atom. The summed E-state index contributed by atoms with van der Waals surface area (Å²) in [6.07, 6.45) is 13.2. The van der Waals surface area contributed by atoms with E-state index in [1.54, 1.807) is 0 Å². The SMILES string of the molecule is CCCCC[C@@H](CC[C@H]1CCC(=O)[C@@H]1CCCCCCC(=O)Cl)OC(C)=O. The maximum absolute atomic E-state index is 12.3. The third-order valence-electron chi connectivity index (χ3n) is 5.70. The average molecular weight is 401 g/mol. The molecular formula is C22H37ClO4. The third kappa shape index (κ3) is 10.9. The summed E-state index contributed by atoms with van der Waals surface area (Å²) in [6, 6.07) is 0. The number of ketones is 1. The van der Waals surface area contributed by atoms with Crippen molar-refractivity contribution in [2.24, 2.45) is 11.8 Å². The third-order valence-corrected chi connectivity index (χ3v) is 5.89. The minimum atomic E-state index is -0.262. The zero-order valence-electron chi connectivity index (χ0n) is 17.1. The number of Topliss-reactive ketones (excluding diaryl/α,β-unsaturated/α-hetero) is 1. The lowest BCUT2D eigenvalue weighted by Gasteiger charge is -2.22. The Labute approximate surface area is 169 Å². The Balaban J connectivity index is 2.36. The van der Waals surface area contributed by atoms with Crippen molar-refractivity contribution in [3.63, 3.8) is 0 Å². The normalized spacial score (nSPS) is 20.6. The zero-order chi connectivity index (χ0) is 20.1. The van der Waals surface area contributed by atoms with Crippen LogP contribution in [0.5, 0.6) is 0 Å². The summed E-state index contributed by atoms with van der Waals surface area (Å²) in [5, 5.41) is -0.262. The number of ether oxygens (including phenoxy) is 1. The van der Waals surface area contributed by atoms with E-state index in [-0.39, 0.29) is 23.2 Å². The molecule has 0 spiro atoms. The second-order valence-corrected chi connectivity index (χ2v) is 8.41. The van der Waals surface area contributed by atoms with E-state index in [2.05, 4.69) is 6.92 Å². The molecule has 0 aromatic heterocycles. The summed E-state index contributed by atoms with van der Waals surface area (Å²) in [7, 11) is 0. The predicted octanol–water partition coefficient (Wildman–Crippen LogP) is 5.98. The van der Waals surface area contributed by atoms with E-state index in [0.29, 0.717) is 24.5 Å². The van der Waals surface area contributed by atoms with Crippen LogP contribution in [0.25, 0.3) is 0 Å². The molecule has 0 N–H and O–H groups in total. The summed E-state index contributed by atoms with van der Waals surface area (Å²) < 4.78 is 5.50. The molecule has 1 aliphatic carbocycles. The van der Waals surface area contributed by atoms with Gasteiger partial charge < -0.3 is 4.74 Å². The van der Waals surface area contributed by atoms with Gasteiger partial charge in [0.15, 0.2) is 0 Å². The molecule has 0 radical (unpaired) electrons. The van der Waals surface area contributed by atoms with E-state index in [4.69, 9.17) is 16.3 Å². The van der Waals surface area contributed by atoms with Gasteiger partial charge in [0.25, 0.3) is 0 Å². The Morgan fingerprint density at radius 1 is 1.07 bits per heavy atom. The molecule has 0 saturated heterocycles. The fourth-order valence-electron chi connectivity index (χ4n) is 4.22. The topological polar surface area (TPSA) is 60.4 Å². The molecule has 0 aromatic rings. The van der Waals surface area contributed by atoms with E-state index in [1.165, 1.54) is 6.92 Å². The molecule has 4 nitrogen and oxygen atoms in total. The molecule has 1 aliphatic rings. The zero-order valence-corrected chi connectivity index (χ0v) is 17.9. The summed E-state index contributed by atoms with van der Waals surface area (Å²) in [5.41, 5.74) is 0. The first-order valence-corrected chi connectivity index (χ1v) is 11.2. The highest BCUT2D eigenvalue weighted by atomic mass is 35.5. The number of rotatable bonds is 15. The molecular weight excluding hydrogens is 364 g/mol. The monoisotopic (exact) mass is 400 g/mol. The quantitative estimate of drug-likeness (QED) is 0.193. The molecule has 0 aromatic carbocycles. The van der Waals surface area contributed by atoms with E-state index in [0.717, 1.165) is 77.0 Å². The maximum Gasteiger partial charge on any atom is 0.302 e. The lowest BCUT2D eigenvalue weighted by molar-refractivity contribution is -0.147. The molecule has 1 saturated carbocycles. The number of halogens is 1. The van der Waals surface area contributed by atoms with Crippen molar-refractivity contribution >= 4 is 28.6 Å². The number of hydrogen-bond donors (Lipinski definition) is 0. The minimum absolute atomic E-state index is 0.00140. The van der Waals surface area contributed by atoms with E-state index >= 15 is 0 Å². The minimum Gasteiger partial charge on any atom is -0.463 e. The van der Waals surface area contributed by atoms with Gasteiger partial charge in [0.1, 0.15) is 11.9 Å². The highest BCUT2D eigenvalue weighted by Crippen LogP contribution is 2.36. The Bertz CT molecular complexity index is 463. The molecule has 0 heterocycles.